The highest BCUT2D eigenvalue weighted by Crippen LogP contribution is 2.25. The van der Waals surface area contributed by atoms with Crippen molar-refractivity contribution in [2.75, 3.05) is 11.1 Å². The van der Waals surface area contributed by atoms with E-state index in [1.807, 2.05) is 30.3 Å². The Morgan fingerprint density at radius 2 is 1.90 bits per heavy atom. The maximum atomic E-state index is 12.0. The van der Waals surface area contributed by atoms with Crippen LogP contribution in [-0.4, -0.2) is 5.91 Å². The van der Waals surface area contributed by atoms with E-state index >= 15 is 0 Å². The third-order valence-electron chi connectivity index (χ3n) is 4.06. The Kier molecular flexibility index (Phi) is 3.91. The third kappa shape index (κ3) is 3.24. The summed E-state index contributed by atoms with van der Waals surface area (Å²) in [6.07, 6.45) is 4.63. The lowest BCUT2D eigenvalue weighted by molar-refractivity contribution is -0.116. The molecule has 21 heavy (non-hydrogen) atoms. The second kappa shape index (κ2) is 6.00. The van der Waals surface area contributed by atoms with Crippen LogP contribution in [0.3, 0.4) is 0 Å². The monoisotopic (exact) mass is 280 g/mol. The van der Waals surface area contributed by atoms with Gasteiger partial charge in [-0.15, -0.1) is 0 Å². The number of nitrogen functional groups attached to an aromatic ring is 1. The van der Waals surface area contributed by atoms with Gasteiger partial charge in [0.2, 0.25) is 5.91 Å². The zero-order valence-corrected chi connectivity index (χ0v) is 12.1. The minimum absolute atomic E-state index is 0.0381. The van der Waals surface area contributed by atoms with E-state index < -0.39 is 0 Å². The summed E-state index contributed by atoms with van der Waals surface area (Å²) >= 11 is 0. The number of nitrogens with two attached hydrogens (primary N) is 1. The lowest BCUT2D eigenvalue weighted by atomic mass is 10.1. The van der Waals surface area contributed by atoms with Gasteiger partial charge < -0.3 is 11.1 Å². The Morgan fingerprint density at radius 1 is 1.10 bits per heavy atom. The van der Waals surface area contributed by atoms with Crippen molar-refractivity contribution in [2.24, 2.45) is 0 Å². The number of amides is 1. The molecule has 0 radical (unpaired) electrons. The minimum Gasteiger partial charge on any atom is -0.399 e. The molecule has 3 heteroatoms. The molecule has 0 saturated heterocycles. The smallest absolute Gasteiger partial charge is 0.224 e. The molecule has 1 amide bonds. The van der Waals surface area contributed by atoms with E-state index in [9.17, 15) is 4.79 Å². The van der Waals surface area contributed by atoms with E-state index in [0.29, 0.717) is 12.8 Å². The number of fused-ring (bicyclic) bond motifs is 1. The van der Waals surface area contributed by atoms with Crippen molar-refractivity contribution in [3.8, 4) is 0 Å². The van der Waals surface area contributed by atoms with Crippen LogP contribution in [0.25, 0.3) is 0 Å². The number of hydrogen-bond acceptors (Lipinski definition) is 2. The van der Waals surface area contributed by atoms with Crippen molar-refractivity contribution in [2.45, 2.75) is 32.1 Å². The average molecular weight is 280 g/mol. The van der Waals surface area contributed by atoms with E-state index in [2.05, 4.69) is 17.4 Å². The number of carbonyl (C=O) groups is 1. The van der Waals surface area contributed by atoms with E-state index in [4.69, 9.17) is 5.73 Å². The predicted octanol–water partition coefficient (Wildman–Crippen LogP) is 3.33. The molecule has 0 bridgehead atoms. The van der Waals surface area contributed by atoms with Crippen LogP contribution in [0.2, 0.25) is 0 Å². The number of anilines is 2. The Bertz CT molecular complexity index is 664. The van der Waals surface area contributed by atoms with Gasteiger partial charge in [0.05, 0.1) is 0 Å². The Balaban J connectivity index is 1.58. The highest BCUT2D eigenvalue weighted by Gasteiger charge is 2.12. The van der Waals surface area contributed by atoms with E-state index in [-0.39, 0.29) is 5.91 Å². The second-order valence-electron chi connectivity index (χ2n) is 5.58. The lowest BCUT2D eigenvalue weighted by Gasteiger charge is -2.08. The van der Waals surface area contributed by atoms with Crippen molar-refractivity contribution in [1.82, 2.24) is 0 Å². The molecule has 3 rings (SSSR count). The molecule has 0 heterocycles. The summed E-state index contributed by atoms with van der Waals surface area (Å²) in [4.78, 5) is 12.0. The predicted molar refractivity (Wildman–Crippen MR) is 86.3 cm³/mol. The number of nitrogens with one attached hydrogen (secondary N) is 1. The molecule has 1 aliphatic carbocycles. The molecule has 3 N–H and O–H groups in total. The van der Waals surface area contributed by atoms with Crippen LogP contribution in [0.4, 0.5) is 11.4 Å². The molecule has 0 saturated carbocycles. The van der Waals surface area contributed by atoms with E-state index in [0.717, 1.165) is 29.8 Å². The van der Waals surface area contributed by atoms with Crippen LogP contribution in [0.5, 0.6) is 0 Å². The third-order valence-corrected chi connectivity index (χ3v) is 4.06. The summed E-state index contributed by atoms with van der Waals surface area (Å²) in [5.74, 6) is 0.0381. The van der Waals surface area contributed by atoms with Crippen LogP contribution in [-0.2, 0) is 24.1 Å². The topological polar surface area (TPSA) is 55.1 Å². The molecule has 0 atom stereocenters. The quantitative estimate of drug-likeness (QED) is 0.844. The van der Waals surface area contributed by atoms with Gasteiger partial charge in [-0.2, -0.15) is 0 Å². The first kappa shape index (κ1) is 13.7. The summed E-state index contributed by atoms with van der Waals surface area (Å²) in [5, 5.41) is 2.98. The second-order valence-corrected chi connectivity index (χ2v) is 5.58. The van der Waals surface area contributed by atoms with Crippen LogP contribution >= 0.6 is 0 Å². The van der Waals surface area contributed by atoms with Gasteiger partial charge in [0.25, 0.3) is 0 Å². The number of rotatable bonds is 4. The molecule has 0 aromatic heterocycles. The summed E-state index contributed by atoms with van der Waals surface area (Å²) < 4.78 is 0. The van der Waals surface area contributed by atoms with Crippen LogP contribution < -0.4 is 11.1 Å². The lowest BCUT2D eigenvalue weighted by Crippen LogP contribution is -2.13. The molecule has 108 valence electrons. The molecular formula is C18H20N2O. The normalized spacial score (nSPS) is 13.0. The number of benzene rings is 2. The van der Waals surface area contributed by atoms with Gasteiger partial charge in [-0.1, -0.05) is 24.3 Å². The summed E-state index contributed by atoms with van der Waals surface area (Å²) in [7, 11) is 0. The Labute approximate surface area is 125 Å². The van der Waals surface area contributed by atoms with Gasteiger partial charge >= 0.3 is 0 Å². The van der Waals surface area contributed by atoms with Gasteiger partial charge in [-0.3, -0.25) is 4.79 Å². The van der Waals surface area contributed by atoms with Gasteiger partial charge in [0, 0.05) is 17.8 Å². The molecule has 2 aromatic carbocycles. The summed E-state index contributed by atoms with van der Waals surface area (Å²) in [5.41, 5.74) is 11.4. The number of aryl methyl sites for hydroxylation is 3. The van der Waals surface area contributed by atoms with Gasteiger partial charge in [-0.05, 0) is 60.6 Å². The molecule has 3 nitrogen and oxygen atoms in total. The standard InChI is InChI=1S/C18H20N2O/c19-17-7-2-1-4-14(17)9-11-18(21)20-16-10-8-13-5-3-6-15(13)12-16/h1-2,4,7-8,10,12H,3,5-6,9,11,19H2,(H,20,21). The van der Waals surface area contributed by atoms with Crippen molar-refractivity contribution in [3.05, 3.63) is 59.2 Å². The van der Waals surface area contributed by atoms with E-state index in [1.165, 1.54) is 17.5 Å². The molecule has 2 aromatic rings. The van der Waals surface area contributed by atoms with Gasteiger partial charge in [0.1, 0.15) is 0 Å². The minimum atomic E-state index is 0.0381. The largest absolute Gasteiger partial charge is 0.399 e. The maximum Gasteiger partial charge on any atom is 0.224 e. The zero-order valence-electron chi connectivity index (χ0n) is 12.1. The van der Waals surface area contributed by atoms with E-state index in [1.54, 1.807) is 0 Å². The highest BCUT2D eigenvalue weighted by molar-refractivity contribution is 5.91. The molecule has 1 aliphatic rings. The molecular weight excluding hydrogens is 260 g/mol. The van der Waals surface area contributed by atoms with Crippen LogP contribution in [0.15, 0.2) is 42.5 Å². The Morgan fingerprint density at radius 3 is 2.76 bits per heavy atom. The molecule has 0 unspecified atom stereocenters. The number of hydrogen-bond donors (Lipinski definition) is 2. The maximum absolute atomic E-state index is 12.0. The first-order valence-electron chi connectivity index (χ1n) is 7.47. The van der Waals surface area contributed by atoms with Crippen LogP contribution in [0, 0.1) is 0 Å². The summed E-state index contributed by atoms with van der Waals surface area (Å²) in [6, 6.07) is 13.9. The van der Waals surface area contributed by atoms with Crippen molar-refractivity contribution >= 4 is 17.3 Å². The average Bonchev–Trinajstić information content (AvgIpc) is 2.94. The summed E-state index contributed by atoms with van der Waals surface area (Å²) in [6.45, 7) is 0. The molecule has 0 fully saturated rings. The highest BCUT2D eigenvalue weighted by atomic mass is 16.1. The van der Waals surface area contributed by atoms with Gasteiger partial charge in [-0.25, -0.2) is 0 Å². The number of para-hydroxylation sites is 1. The first-order chi connectivity index (χ1) is 10.2. The fraction of sp³-hybridized carbons (Fsp3) is 0.278. The van der Waals surface area contributed by atoms with Crippen molar-refractivity contribution in [3.63, 3.8) is 0 Å². The first-order valence-corrected chi connectivity index (χ1v) is 7.47. The van der Waals surface area contributed by atoms with Crippen molar-refractivity contribution in [1.29, 1.82) is 0 Å². The molecule has 0 aliphatic heterocycles. The molecule has 0 spiro atoms. The van der Waals surface area contributed by atoms with Crippen molar-refractivity contribution < 1.29 is 4.79 Å². The Hall–Kier alpha value is -2.29. The fourth-order valence-electron chi connectivity index (χ4n) is 2.88. The fourth-order valence-corrected chi connectivity index (χ4v) is 2.88. The SMILES string of the molecule is Nc1ccccc1CCC(=O)Nc1ccc2c(c1)CCC2. The van der Waals surface area contributed by atoms with Gasteiger partial charge in [0.15, 0.2) is 0 Å². The number of carbonyl (C=O) groups excluding carboxylic acids is 1. The van der Waals surface area contributed by atoms with Crippen LogP contribution in [0.1, 0.15) is 29.5 Å². The zero-order chi connectivity index (χ0) is 14.7.